The highest BCUT2D eigenvalue weighted by Crippen LogP contribution is 2.41. The van der Waals surface area contributed by atoms with Crippen LogP contribution in [0.3, 0.4) is 0 Å². The van der Waals surface area contributed by atoms with Crippen LogP contribution in [0.25, 0.3) is 11.0 Å². The molecule has 190 valence electrons. The fraction of sp³-hybridized carbons (Fsp3) is 0.517. The maximum atomic E-state index is 13.8. The van der Waals surface area contributed by atoms with Gasteiger partial charge in [0.1, 0.15) is 0 Å². The predicted octanol–water partition coefficient (Wildman–Crippen LogP) is 4.68. The second kappa shape index (κ2) is 9.68. The third-order valence-corrected chi connectivity index (χ3v) is 7.31. The first kappa shape index (κ1) is 24.5. The molecule has 3 aromatic rings. The van der Waals surface area contributed by atoms with E-state index in [2.05, 4.69) is 32.9 Å². The summed E-state index contributed by atoms with van der Waals surface area (Å²) < 4.78 is 1.96. The Balaban J connectivity index is 1.28. The lowest BCUT2D eigenvalue weighted by molar-refractivity contribution is -0.132. The average molecular weight is 488 g/mol. The van der Waals surface area contributed by atoms with Gasteiger partial charge in [-0.3, -0.25) is 9.59 Å². The number of hydrogen-bond acceptors (Lipinski definition) is 4. The van der Waals surface area contributed by atoms with Crippen molar-refractivity contribution >= 4 is 22.8 Å². The van der Waals surface area contributed by atoms with Gasteiger partial charge >= 0.3 is 0 Å². The molecule has 0 atom stereocenters. The number of aromatic nitrogens is 3. The Morgan fingerprint density at radius 2 is 1.67 bits per heavy atom. The molecule has 2 fully saturated rings. The summed E-state index contributed by atoms with van der Waals surface area (Å²) in [7, 11) is 0. The fourth-order valence-corrected chi connectivity index (χ4v) is 5.11. The molecule has 1 aliphatic heterocycles. The van der Waals surface area contributed by atoms with E-state index < -0.39 is 0 Å². The summed E-state index contributed by atoms with van der Waals surface area (Å²) >= 11 is 0. The molecule has 0 radical (unpaired) electrons. The number of hydrogen-bond donors (Lipinski definition) is 0. The third-order valence-electron chi connectivity index (χ3n) is 7.31. The van der Waals surface area contributed by atoms with E-state index in [9.17, 15) is 9.59 Å². The van der Waals surface area contributed by atoms with E-state index >= 15 is 0 Å². The summed E-state index contributed by atoms with van der Waals surface area (Å²) in [5.41, 5.74) is 4.39. The van der Waals surface area contributed by atoms with Crippen LogP contribution in [-0.4, -0.2) is 62.6 Å². The molecular formula is C29H37N5O2. The molecule has 2 aromatic heterocycles. The van der Waals surface area contributed by atoms with E-state index in [4.69, 9.17) is 10.1 Å². The lowest BCUT2D eigenvalue weighted by Gasteiger charge is -2.35. The van der Waals surface area contributed by atoms with Gasteiger partial charge in [0.05, 0.1) is 22.2 Å². The van der Waals surface area contributed by atoms with Crippen LogP contribution in [0.5, 0.6) is 0 Å². The zero-order valence-electron chi connectivity index (χ0n) is 22.0. The molecule has 0 unspecified atom stereocenters. The second-order valence-electron chi connectivity index (χ2n) is 11.2. The first-order chi connectivity index (χ1) is 17.2. The van der Waals surface area contributed by atoms with Crippen LogP contribution in [0.2, 0.25) is 0 Å². The predicted molar refractivity (Wildman–Crippen MR) is 141 cm³/mol. The van der Waals surface area contributed by atoms with Crippen molar-refractivity contribution in [1.82, 2.24) is 24.6 Å². The minimum atomic E-state index is -0.228. The molecule has 5 rings (SSSR count). The van der Waals surface area contributed by atoms with Crippen molar-refractivity contribution < 1.29 is 9.59 Å². The molecule has 1 saturated carbocycles. The highest BCUT2D eigenvalue weighted by atomic mass is 16.2. The molecule has 7 nitrogen and oxygen atoms in total. The van der Waals surface area contributed by atoms with Crippen LogP contribution in [0, 0.1) is 6.92 Å². The van der Waals surface area contributed by atoms with Crippen LogP contribution < -0.4 is 0 Å². The number of carbonyl (C=O) groups is 2. The van der Waals surface area contributed by atoms with Crippen molar-refractivity contribution in [3.05, 3.63) is 58.9 Å². The van der Waals surface area contributed by atoms with Crippen molar-refractivity contribution in [2.75, 3.05) is 26.2 Å². The molecule has 2 aliphatic rings. The zero-order chi connectivity index (χ0) is 25.4. The van der Waals surface area contributed by atoms with Crippen LogP contribution in [0.4, 0.5) is 0 Å². The summed E-state index contributed by atoms with van der Waals surface area (Å²) in [6.45, 7) is 10.6. The van der Waals surface area contributed by atoms with Gasteiger partial charge in [0.15, 0.2) is 5.65 Å². The third kappa shape index (κ3) is 5.01. The standard InChI is InChI=1S/C29H37N5O2/c1-20-26-23(19-24(22-13-14-22)30-27(26)34(31-20)29(2,3)4)28(36)33-17-15-32(16-18-33)25(35)12-8-11-21-9-6-5-7-10-21/h5-7,9-10,19,22H,8,11-18H2,1-4H3. The largest absolute Gasteiger partial charge is 0.339 e. The number of pyridine rings is 1. The van der Waals surface area contributed by atoms with Crippen LogP contribution in [0.15, 0.2) is 36.4 Å². The number of nitrogens with zero attached hydrogens (tertiary/aromatic N) is 5. The van der Waals surface area contributed by atoms with E-state index in [0.29, 0.717) is 44.1 Å². The highest BCUT2D eigenvalue weighted by Gasteiger charge is 2.32. The van der Waals surface area contributed by atoms with E-state index in [1.54, 1.807) is 0 Å². The Hall–Kier alpha value is -3.22. The Labute approximate surface area is 213 Å². The number of fused-ring (bicyclic) bond motifs is 1. The Bertz CT molecular complexity index is 1260. The Morgan fingerprint density at radius 1 is 1.00 bits per heavy atom. The van der Waals surface area contributed by atoms with E-state index in [1.807, 2.05) is 45.7 Å². The summed E-state index contributed by atoms with van der Waals surface area (Å²) in [6.07, 6.45) is 4.55. The van der Waals surface area contributed by atoms with Crippen molar-refractivity contribution in [2.24, 2.45) is 0 Å². The average Bonchev–Trinajstić information content (AvgIpc) is 3.66. The maximum Gasteiger partial charge on any atom is 0.254 e. The highest BCUT2D eigenvalue weighted by molar-refractivity contribution is 6.06. The normalized spacial score (nSPS) is 16.6. The summed E-state index contributed by atoms with van der Waals surface area (Å²) in [6, 6.07) is 12.3. The van der Waals surface area contributed by atoms with Gasteiger partial charge in [-0.2, -0.15) is 5.10 Å². The molecule has 1 saturated heterocycles. The van der Waals surface area contributed by atoms with Gasteiger partial charge < -0.3 is 9.80 Å². The monoisotopic (exact) mass is 487 g/mol. The number of carbonyl (C=O) groups excluding carboxylic acids is 2. The van der Waals surface area contributed by atoms with E-state index in [0.717, 1.165) is 48.1 Å². The number of benzene rings is 1. The molecule has 2 amide bonds. The molecule has 0 N–H and O–H groups in total. The minimum Gasteiger partial charge on any atom is -0.339 e. The topological polar surface area (TPSA) is 71.3 Å². The molecular weight excluding hydrogens is 450 g/mol. The number of rotatable bonds is 6. The van der Waals surface area contributed by atoms with Gasteiger partial charge in [0, 0.05) is 44.2 Å². The molecule has 1 aliphatic carbocycles. The van der Waals surface area contributed by atoms with Gasteiger partial charge in [0.2, 0.25) is 5.91 Å². The zero-order valence-corrected chi connectivity index (χ0v) is 22.0. The van der Waals surface area contributed by atoms with Gasteiger partial charge in [-0.15, -0.1) is 0 Å². The first-order valence-electron chi connectivity index (χ1n) is 13.2. The van der Waals surface area contributed by atoms with Gasteiger partial charge in [-0.1, -0.05) is 30.3 Å². The second-order valence-corrected chi connectivity index (χ2v) is 11.2. The number of piperazine rings is 1. The molecule has 3 heterocycles. The van der Waals surface area contributed by atoms with Crippen LogP contribution in [0.1, 0.15) is 79.7 Å². The van der Waals surface area contributed by atoms with Crippen LogP contribution in [-0.2, 0) is 16.8 Å². The SMILES string of the molecule is Cc1nn(C(C)(C)C)c2nc(C3CC3)cc(C(=O)N3CCN(C(=O)CCCc4ccccc4)CC3)c12. The van der Waals surface area contributed by atoms with Gasteiger partial charge in [-0.05, 0) is 65.0 Å². The maximum absolute atomic E-state index is 13.8. The van der Waals surface area contributed by atoms with Crippen LogP contribution >= 0.6 is 0 Å². The lowest BCUT2D eigenvalue weighted by Crippen LogP contribution is -2.50. The number of aryl methyl sites for hydroxylation is 2. The smallest absolute Gasteiger partial charge is 0.254 e. The molecule has 1 aromatic carbocycles. The van der Waals surface area contributed by atoms with Crippen molar-refractivity contribution in [1.29, 1.82) is 0 Å². The molecule has 0 spiro atoms. The molecule has 7 heteroatoms. The lowest BCUT2D eigenvalue weighted by atomic mass is 10.0. The van der Waals surface area contributed by atoms with Gasteiger partial charge in [0.25, 0.3) is 5.91 Å². The van der Waals surface area contributed by atoms with Crippen molar-refractivity contribution in [3.8, 4) is 0 Å². The van der Waals surface area contributed by atoms with Crippen molar-refractivity contribution in [3.63, 3.8) is 0 Å². The fourth-order valence-electron chi connectivity index (χ4n) is 5.11. The van der Waals surface area contributed by atoms with E-state index in [1.165, 1.54) is 5.56 Å². The minimum absolute atomic E-state index is 0.0250. The quantitative estimate of drug-likeness (QED) is 0.506. The molecule has 0 bridgehead atoms. The van der Waals surface area contributed by atoms with Crippen molar-refractivity contribution in [2.45, 2.75) is 71.3 Å². The molecule has 36 heavy (non-hydrogen) atoms. The number of amides is 2. The summed E-state index contributed by atoms with van der Waals surface area (Å²) in [5, 5.41) is 5.65. The van der Waals surface area contributed by atoms with E-state index in [-0.39, 0.29) is 17.4 Å². The Kier molecular flexibility index (Phi) is 6.58. The Morgan fingerprint density at radius 3 is 2.31 bits per heavy atom. The summed E-state index contributed by atoms with van der Waals surface area (Å²) in [4.78, 5) is 35.3. The summed E-state index contributed by atoms with van der Waals surface area (Å²) in [5.74, 6) is 0.648. The first-order valence-corrected chi connectivity index (χ1v) is 13.2. The van der Waals surface area contributed by atoms with Gasteiger partial charge in [-0.25, -0.2) is 9.67 Å².